The summed E-state index contributed by atoms with van der Waals surface area (Å²) in [7, 11) is 0. The van der Waals surface area contributed by atoms with Crippen molar-refractivity contribution >= 4 is 50.8 Å². The minimum atomic E-state index is -0.218. The summed E-state index contributed by atoms with van der Waals surface area (Å²) in [6, 6.07) is 9.68. The van der Waals surface area contributed by atoms with Crippen LogP contribution >= 0.6 is 27.5 Å². The highest BCUT2D eigenvalue weighted by Crippen LogP contribution is 2.39. The molecule has 3 nitrogen and oxygen atoms in total. The first-order chi connectivity index (χ1) is 12.2. The van der Waals surface area contributed by atoms with Crippen LogP contribution in [0.1, 0.15) is 43.0 Å². The van der Waals surface area contributed by atoms with E-state index in [1.807, 2.05) is 57.2 Å². The van der Waals surface area contributed by atoms with E-state index in [4.69, 9.17) is 11.6 Å². The number of amides is 1. The summed E-state index contributed by atoms with van der Waals surface area (Å²) in [5, 5.41) is 13.3. The number of phenols is 1. The first-order valence-corrected chi connectivity index (χ1v) is 9.79. The van der Waals surface area contributed by atoms with Crippen LogP contribution in [0.25, 0.3) is 11.6 Å². The molecular formula is C21H21BrClNO2. The summed E-state index contributed by atoms with van der Waals surface area (Å²) >= 11 is 9.27. The molecule has 2 aromatic rings. The molecule has 0 fully saturated rings. The van der Waals surface area contributed by atoms with Crippen LogP contribution in [-0.2, 0) is 16.6 Å². The van der Waals surface area contributed by atoms with Crippen LogP contribution < -0.4 is 5.32 Å². The van der Waals surface area contributed by atoms with E-state index in [9.17, 15) is 9.90 Å². The van der Waals surface area contributed by atoms with Gasteiger partial charge in [0.1, 0.15) is 5.75 Å². The second-order valence-corrected chi connectivity index (χ2v) is 8.71. The molecule has 1 amide bonds. The molecule has 0 atom stereocenters. The number of hydrogen-bond acceptors (Lipinski definition) is 2. The van der Waals surface area contributed by atoms with E-state index >= 15 is 0 Å². The molecule has 1 aliphatic rings. The minimum absolute atomic E-state index is 0.121. The van der Waals surface area contributed by atoms with Gasteiger partial charge in [0.25, 0.3) is 5.91 Å². The molecule has 5 heteroatoms. The summed E-state index contributed by atoms with van der Waals surface area (Å²) in [5.74, 6) is 0.656. The number of aryl methyl sites for hydroxylation is 1. The van der Waals surface area contributed by atoms with Gasteiger partial charge in [-0.2, -0.15) is 0 Å². The van der Waals surface area contributed by atoms with Crippen LogP contribution in [0.15, 0.2) is 34.8 Å². The first-order valence-electron chi connectivity index (χ1n) is 8.46. The van der Waals surface area contributed by atoms with E-state index in [0.29, 0.717) is 15.9 Å². The van der Waals surface area contributed by atoms with E-state index in [-0.39, 0.29) is 17.1 Å². The quantitative estimate of drug-likeness (QED) is 0.479. The van der Waals surface area contributed by atoms with Crippen LogP contribution in [0.2, 0.25) is 0 Å². The summed E-state index contributed by atoms with van der Waals surface area (Å²) < 4.78 is 0.617. The molecule has 0 aliphatic carbocycles. The number of nitrogens with one attached hydrogen (secondary N) is 1. The van der Waals surface area contributed by atoms with Gasteiger partial charge in [-0.15, -0.1) is 11.6 Å². The maximum atomic E-state index is 12.5. The molecule has 0 saturated heterocycles. The van der Waals surface area contributed by atoms with Crippen LogP contribution in [0.4, 0.5) is 5.69 Å². The van der Waals surface area contributed by atoms with Gasteiger partial charge in [0.2, 0.25) is 0 Å². The molecule has 0 bridgehead atoms. The SMILES string of the molecule is CC(C)(C)c1cc(C=C2C(=O)Nc3ccc(CCCl)cc32)cc(Br)c1O. The molecule has 136 valence electrons. The lowest BCUT2D eigenvalue weighted by molar-refractivity contribution is -0.110. The van der Waals surface area contributed by atoms with Gasteiger partial charge in [-0.05, 0) is 69.2 Å². The Morgan fingerprint density at radius 2 is 1.96 bits per heavy atom. The van der Waals surface area contributed by atoms with Crippen molar-refractivity contribution in [3.8, 4) is 5.75 Å². The third kappa shape index (κ3) is 3.67. The molecule has 0 spiro atoms. The lowest BCUT2D eigenvalue weighted by Gasteiger charge is -2.21. The second kappa shape index (κ2) is 7.09. The van der Waals surface area contributed by atoms with Crippen LogP contribution in [0.5, 0.6) is 5.75 Å². The van der Waals surface area contributed by atoms with Gasteiger partial charge < -0.3 is 10.4 Å². The third-order valence-corrected chi connectivity index (χ3v) is 5.25. The number of rotatable bonds is 3. The standard InChI is InChI=1S/C21H21BrClNO2/c1-21(2,3)16-10-13(11-17(22)19(16)25)9-15-14-8-12(6-7-23)4-5-18(14)24-20(15)26/h4-5,8-11,25H,6-7H2,1-3H3,(H,24,26). The Morgan fingerprint density at radius 3 is 2.62 bits per heavy atom. The number of anilines is 1. The highest BCUT2D eigenvalue weighted by molar-refractivity contribution is 9.10. The zero-order valence-corrected chi connectivity index (χ0v) is 17.3. The number of fused-ring (bicyclic) bond motifs is 1. The van der Waals surface area contributed by atoms with Gasteiger partial charge in [0.15, 0.2) is 0 Å². The number of carbonyl (C=O) groups is 1. The lowest BCUT2D eigenvalue weighted by atomic mass is 9.85. The summed E-state index contributed by atoms with van der Waals surface area (Å²) in [4.78, 5) is 12.5. The van der Waals surface area contributed by atoms with Crippen molar-refractivity contribution in [1.82, 2.24) is 0 Å². The van der Waals surface area contributed by atoms with Crippen LogP contribution in [0, 0.1) is 0 Å². The fourth-order valence-corrected chi connectivity index (χ4v) is 3.78. The van der Waals surface area contributed by atoms with Gasteiger partial charge in [-0.3, -0.25) is 4.79 Å². The van der Waals surface area contributed by atoms with Gasteiger partial charge >= 0.3 is 0 Å². The number of hydrogen-bond donors (Lipinski definition) is 2. The van der Waals surface area contributed by atoms with Crippen molar-refractivity contribution < 1.29 is 9.90 Å². The van der Waals surface area contributed by atoms with E-state index in [1.54, 1.807) is 0 Å². The van der Waals surface area contributed by atoms with Crippen LogP contribution in [0.3, 0.4) is 0 Å². The highest BCUT2D eigenvalue weighted by Gasteiger charge is 2.25. The molecule has 1 heterocycles. The number of carbonyl (C=O) groups excluding carboxylic acids is 1. The number of benzene rings is 2. The zero-order valence-electron chi connectivity index (χ0n) is 15.0. The maximum absolute atomic E-state index is 12.5. The van der Waals surface area contributed by atoms with Crippen molar-refractivity contribution in [1.29, 1.82) is 0 Å². The van der Waals surface area contributed by atoms with E-state index in [0.717, 1.165) is 34.4 Å². The average molecular weight is 435 g/mol. The Bertz CT molecular complexity index is 913. The number of alkyl halides is 1. The van der Waals surface area contributed by atoms with Gasteiger partial charge in [0, 0.05) is 28.3 Å². The molecule has 0 saturated carbocycles. The topological polar surface area (TPSA) is 49.3 Å². The zero-order chi connectivity index (χ0) is 19.1. The van der Waals surface area contributed by atoms with Gasteiger partial charge in [-0.25, -0.2) is 0 Å². The Hall–Kier alpha value is -1.78. The van der Waals surface area contributed by atoms with E-state index in [1.165, 1.54) is 0 Å². The molecule has 26 heavy (non-hydrogen) atoms. The Morgan fingerprint density at radius 1 is 1.23 bits per heavy atom. The van der Waals surface area contributed by atoms with Crippen molar-refractivity contribution in [2.45, 2.75) is 32.6 Å². The molecule has 2 N–H and O–H groups in total. The smallest absolute Gasteiger partial charge is 0.256 e. The maximum Gasteiger partial charge on any atom is 0.256 e. The summed E-state index contributed by atoms with van der Waals surface area (Å²) in [5.41, 5.74) is 4.89. The molecule has 0 unspecified atom stereocenters. The predicted molar refractivity (Wildman–Crippen MR) is 112 cm³/mol. The summed E-state index contributed by atoms with van der Waals surface area (Å²) in [6.07, 6.45) is 2.63. The first kappa shape index (κ1) is 19.0. The van der Waals surface area contributed by atoms with E-state index in [2.05, 4.69) is 21.2 Å². The van der Waals surface area contributed by atoms with Crippen molar-refractivity contribution in [3.63, 3.8) is 0 Å². The largest absolute Gasteiger partial charge is 0.506 e. The Labute approximate surface area is 167 Å². The van der Waals surface area contributed by atoms with Crippen molar-refractivity contribution in [2.75, 3.05) is 11.2 Å². The molecule has 3 rings (SSSR count). The number of phenolic OH excluding ortho intramolecular Hbond substituents is 1. The van der Waals surface area contributed by atoms with Crippen molar-refractivity contribution in [2.24, 2.45) is 0 Å². The van der Waals surface area contributed by atoms with E-state index < -0.39 is 0 Å². The predicted octanol–water partition coefficient (Wildman–Crippen LogP) is 5.73. The molecule has 1 aliphatic heterocycles. The molecule has 0 aromatic heterocycles. The molecule has 0 radical (unpaired) electrons. The van der Waals surface area contributed by atoms with Crippen molar-refractivity contribution in [3.05, 3.63) is 57.1 Å². The fraction of sp³-hybridized carbons (Fsp3) is 0.286. The summed E-state index contributed by atoms with van der Waals surface area (Å²) in [6.45, 7) is 6.13. The highest BCUT2D eigenvalue weighted by atomic mass is 79.9. The number of aromatic hydroxyl groups is 1. The minimum Gasteiger partial charge on any atom is -0.506 e. The molecule has 2 aromatic carbocycles. The Kier molecular flexibility index (Phi) is 5.18. The molecular weight excluding hydrogens is 414 g/mol. The monoisotopic (exact) mass is 433 g/mol. The second-order valence-electron chi connectivity index (χ2n) is 7.48. The normalized spacial score (nSPS) is 15.3. The van der Waals surface area contributed by atoms with Crippen LogP contribution in [-0.4, -0.2) is 16.9 Å². The van der Waals surface area contributed by atoms with Gasteiger partial charge in [-0.1, -0.05) is 26.8 Å². The fourth-order valence-electron chi connectivity index (χ4n) is 3.08. The third-order valence-electron chi connectivity index (χ3n) is 4.45. The average Bonchev–Trinajstić information content (AvgIpc) is 2.85. The lowest BCUT2D eigenvalue weighted by Crippen LogP contribution is -2.12. The van der Waals surface area contributed by atoms with Gasteiger partial charge in [0.05, 0.1) is 4.47 Å². The number of halogens is 2. The Balaban J connectivity index is 2.11.